The summed E-state index contributed by atoms with van der Waals surface area (Å²) in [4.78, 5) is 12.0. The summed E-state index contributed by atoms with van der Waals surface area (Å²) in [6.07, 6.45) is -4.28. The number of halogens is 4. The van der Waals surface area contributed by atoms with E-state index in [4.69, 9.17) is 0 Å². The van der Waals surface area contributed by atoms with E-state index in [0.29, 0.717) is 0 Å². The van der Waals surface area contributed by atoms with Gasteiger partial charge in [-0.3, -0.25) is 4.79 Å². The first kappa shape index (κ1) is 13.7. The molecule has 2 nitrogen and oxygen atoms in total. The second-order valence-electron chi connectivity index (χ2n) is 3.05. The summed E-state index contributed by atoms with van der Waals surface area (Å²) in [6, 6.07) is 1.76. The van der Waals surface area contributed by atoms with Gasteiger partial charge < -0.3 is 4.74 Å². The lowest BCUT2D eigenvalue weighted by Crippen LogP contribution is -2.21. The third-order valence-corrected chi connectivity index (χ3v) is 3.22. The summed E-state index contributed by atoms with van der Waals surface area (Å²) in [5.74, 6) is -0.362. The molecule has 1 aromatic heterocycles. The number of rotatable bonds is 5. The molecular formula is C9H8BrF3O2S. The Balaban J connectivity index is 2.26. The number of thiophene rings is 1. The summed E-state index contributed by atoms with van der Waals surface area (Å²) in [7, 11) is 0. The number of Topliss-reactive ketones (excluding diaryl/α,β-unsaturated/α-hetero) is 1. The molecule has 0 spiro atoms. The van der Waals surface area contributed by atoms with Crippen molar-refractivity contribution in [1.82, 2.24) is 0 Å². The van der Waals surface area contributed by atoms with Gasteiger partial charge in [-0.15, -0.1) is 11.3 Å². The lowest BCUT2D eigenvalue weighted by molar-refractivity contribution is -0.175. The molecule has 0 radical (unpaired) electrons. The Hall–Kier alpha value is -0.400. The quantitative estimate of drug-likeness (QED) is 0.834. The molecule has 0 aromatic carbocycles. The molecule has 0 saturated heterocycles. The van der Waals surface area contributed by atoms with Gasteiger partial charge in [0, 0.05) is 21.2 Å². The molecule has 0 amide bonds. The number of alkyl halides is 3. The monoisotopic (exact) mass is 316 g/mol. The molecule has 0 aliphatic heterocycles. The average molecular weight is 317 g/mol. The maximum absolute atomic E-state index is 11.7. The molecule has 7 heteroatoms. The lowest BCUT2D eigenvalue weighted by Gasteiger charge is -2.06. The van der Waals surface area contributed by atoms with Crippen LogP contribution in [-0.4, -0.2) is 25.2 Å². The number of carbonyl (C=O) groups is 1. The third-order valence-electron chi connectivity index (χ3n) is 1.52. The van der Waals surface area contributed by atoms with Gasteiger partial charge in [-0.25, -0.2) is 0 Å². The van der Waals surface area contributed by atoms with Crippen LogP contribution in [0.2, 0.25) is 0 Å². The van der Waals surface area contributed by atoms with Crippen LogP contribution in [0, 0.1) is 0 Å². The van der Waals surface area contributed by atoms with Gasteiger partial charge >= 0.3 is 6.18 Å². The molecule has 0 atom stereocenters. The molecule has 16 heavy (non-hydrogen) atoms. The van der Waals surface area contributed by atoms with Gasteiger partial charge in [-0.05, 0) is 22.0 Å². The Kier molecular flexibility index (Phi) is 4.94. The van der Waals surface area contributed by atoms with Crippen LogP contribution < -0.4 is 0 Å². The minimum absolute atomic E-state index is 0.105. The molecule has 0 unspecified atom stereocenters. The van der Waals surface area contributed by atoms with Crippen molar-refractivity contribution < 1.29 is 22.7 Å². The maximum atomic E-state index is 11.7. The van der Waals surface area contributed by atoms with Crippen LogP contribution >= 0.6 is 27.3 Å². The number of ether oxygens (including phenoxy) is 1. The number of hydrogen-bond acceptors (Lipinski definition) is 3. The first-order valence-corrected chi connectivity index (χ1v) is 5.93. The zero-order valence-electron chi connectivity index (χ0n) is 8.01. The van der Waals surface area contributed by atoms with Gasteiger partial charge in [0.2, 0.25) is 0 Å². The molecule has 0 aliphatic carbocycles. The molecule has 0 aliphatic rings. The van der Waals surface area contributed by atoms with Crippen LogP contribution in [0.25, 0.3) is 0 Å². The molecule has 0 bridgehead atoms. The highest BCUT2D eigenvalue weighted by Crippen LogP contribution is 2.20. The van der Waals surface area contributed by atoms with E-state index in [-0.39, 0.29) is 12.2 Å². The SMILES string of the molecule is O=C(COCC(F)(F)F)Cc1cc(Br)cs1. The highest BCUT2D eigenvalue weighted by Gasteiger charge is 2.27. The standard InChI is InChI=1S/C9H8BrF3O2S/c10-6-1-8(16-4-6)2-7(14)3-15-5-9(11,12)13/h1,4H,2-3,5H2. The Morgan fingerprint density at radius 1 is 1.50 bits per heavy atom. The number of carbonyl (C=O) groups excluding carboxylic acids is 1. The van der Waals surface area contributed by atoms with Gasteiger partial charge in [-0.1, -0.05) is 0 Å². The summed E-state index contributed by atoms with van der Waals surface area (Å²) in [5.41, 5.74) is 0. The van der Waals surface area contributed by atoms with Crippen molar-refractivity contribution >= 4 is 33.0 Å². The predicted molar refractivity (Wildman–Crippen MR) is 57.6 cm³/mol. The molecule has 0 fully saturated rings. The lowest BCUT2D eigenvalue weighted by atomic mass is 10.2. The minimum atomic E-state index is -4.38. The van der Waals surface area contributed by atoms with E-state index in [1.165, 1.54) is 11.3 Å². The fraction of sp³-hybridized carbons (Fsp3) is 0.444. The molecule has 1 heterocycles. The summed E-state index contributed by atoms with van der Waals surface area (Å²) in [6.45, 7) is -1.89. The van der Waals surface area contributed by atoms with Gasteiger partial charge in [0.25, 0.3) is 0 Å². The highest BCUT2D eigenvalue weighted by molar-refractivity contribution is 9.10. The highest BCUT2D eigenvalue weighted by atomic mass is 79.9. The molecule has 0 N–H and O–H groups in total. The Morgan fingerprint density at radius 3 is 2.69 bits per heavy atom. The molecule has 0 saturated carbocycles. The molecule has 90 valence electrons. The van der Waals surface area contributed by atoms with Crippen LogP contribution in [0.5, 0.6) is 0 Å². The van der Waals surface area contributed by atoms with Crippen molar-refractivity contribution in [1.29, 1.82) is 0 Å². The smallest absolute Gasteiger partial charge is 0.364 e. The second-order valence-corrected chi connectivity index (χ2v) is 4.97. The fourth-order valence-electron chi connectivity index (χ4n) is 0.972. The molecule has 1 aromatic rings. The number of ketones is 1. The van der Waals surface area contributed by atoms with E-state index in [9.17, 15) is 18.0 Å². The van der Waals surface area contributed by atoms with E-state index in [1.54, 1.807) is 11.4 Å². The Bertz CT molecular complexity index is 362. The van der Waals surface area contributed by atoms with Crippen LogP contribution in [0.4, 0.5) is 13.2 Å². The average Bonchev–Trinajstić information content (AvgIpc) is 2.48. The van der Waals surface area contributed by atoms with Gasteiger partial charge in [-0.2, -0.15) is 13.2 Å². The van der Waals surface area contributed by atoms with E-state index < -0.39 is 19.4 Å². The summed E-state index contributed by atoms with van der Waals surface area (Å²) >= 11 is 4.59. The third kappa shape index (κ3) is 5.62. The van der Waals surface area contributed by atoms with Crippen LogP contribution in [-0.2, 0) is 16.0 Å². The van der Waals surface area contributed by atoms with Crippen molar-refractivity contribution in [3.05, 3.63) is 20.8 Å². The van der Waals surface area contributed by atoms with Crippen molar-refractivity contribution in [2.24, 2.45) is 0 Å². The largest absolute Gasteiger partial charge is 0.411 e. The second kappa shape index (κ2) is 5.79. The maximum Gasteiger partial charge on any atom is 0.411 e. The van der Waals surface area contributed by atoms with Crippen molar-refractivity contribution in [3.63, 3.8) is 0 Å². The molecule has 1 rings (SSSR count). The van der Waals surface area contributed by atoms with Crippen molar-refractivity contribution in [3.8, 4) is 0 Å². The zero-order chi connectivity index (χ0) is 12.2. The van der Waals surface area contributed by atoms with Crippen LogP contribution in [0.15, 0.2) is 15.9 Å². The van der Waals surface area contributed by atoms with Gasteiger partial charge in [0.15, 0.2) is 5.78 Å². The topological polar surface area (TPSA) is 26.3 Å². The van der Waals surface area contributed by atoms with E-state index in [2.05, 4.69) is 20.7 Å². The molecular weight excluding hydrogens is 309 g/mol. The van der Waals surface area contributed by atoms with Crippen molar-refractivity contribution in [2.75, 3.05) is 13.2 Å². The summed E-state index contributed by atoms with van der Waals surface area (Å²) < 4.78 is 40.2. The fourth-order valence-corrected chi connectivity index (χ4v) is 2.45. The number of hydrogen-bond donors (Lipinski definition) is 0. The van der Waals surface area contributed by atoms with Gasteiger partial charge in [0.05, 0.1) is 0 Å². The normalized spacial score (nSPS) is 11.8. The zero-order valence-corrected chi connectivity index (χ0v) is 10.4. The van der Waals surface area contributed by atoms with Crippen molar-refractivity contribution in [2.45, 2.75) is 12.6 Å². The first-order chi connectivity index (χ1) is 7.37. The first-order valence-electron chi connectivity index (χ1n) is 4.26. The predicted octanol–water partition coefficient (Wildman–Crippen LogP) is 3.20. The van der Waals surface area contributed by atoms with Crippen LogP contribution in [0.1, 0.15) is 4.88 Å². The van der Waals surface area contributed by atoms with E-state index in [0.717, 1.165) is 9.35 Å². The Morgan fingerprint density at radius 2 is 2.19 bits per heavy atom. The minimum Gasteiger partial charge on any atom is -0.364 e. The van der Waals surface area contributed by atoms with E-state index in [1.807, 2.05) is 0 Å². The van der Waals surface area contributed by atoms with Gasteiger partial charge in [0.1, 0.15) is 13.2 Å². The Labute approximate surface area is 103 Å². The van der Waals surface area contributed by atoms with Crippen LogP contribution in [0.3, 0.4) is 0 Å². The van der Waals surface area contributed by atoms with E-state index >= 15 is 0 Å². The summed E-state index contributed by atoms with van der Waals surface area (Å²) in [5, 5.41) is 1.80.